The van der Waals surface area contributed by atoms with Crippen LogP contribution in [0.25, 0.3) is 0 Å². The molecule has 0 aliphatic carbocycles. The quantitative estimate of drug-likeness (QED) is 0.851. The van der Waals surface area contributed by atoms with Crippen LogP contribution in [0.5, 0.6) is 11.5 Å². The highest BCUT2D eigenvalue weighted by atomic mass is 16.5. The van der Waals surface area contributed by atoms with Crippen molar-refractivity contribution in [2.24, 2.45) is 5.73 Å². The molecule has 0 saturated carbocycles. The molecule has 1 fully saturated rings. The lowest BCUT2D eigenvalue weighted by molar-refractivity contribution is 0.0116. The van der Waals surface area contributed by atoms with Crippen LogP contribution in [-0.2, 0) is 4.74 Å². The van der Waals surface area contributed by atoms with Crippen LogP contribution in [0.3, 0.4) is 0 Å². The average Bonchev–Trinajstić information content (AvgIpc) is 2.46. The van der Waals surface area contributed by atoms with Crippen molar-refractivity contribution < 1.29 is 14.2 Å². The largest absolute Gasteiger partial charge is 0.497 e. The third-order valence-electron chi connectivity index (χ3n) is 3.47. The molecule has 1 aromatic carbocycles. The smallest absolute Gasteiger partial charge is 0.127 e. The highest BCUT2D eigenvalue weighted by Crippen LogP contribution is 2.34. The van der Waals surface area contributed by atoms with E-state index in [0.29, 0.717) is 6.61 Å². The second-order valence-electron chi connectivity index (χ2n) is 4.70. The molecular weight excluding hydrogens is 244 g/mol. The Kier molecular flexibility index (Phi) is 4.63. The third-order valence-corrected chi connectivity index (χ3v) is 3.47. The van der Waals surface area contributed by atoms with E-state index in [0.717, 1.165) is 35.7 Å². The van der Waals surface area contributed by atoms with Crippen molar-refractivity contribution in [3.05, 3.63) is 23.3 Å². The molecule has 0 amide bonds. The van der Waals surface area contributed by atoms with E-state index in [9.17, 15) is 0 Å². The molecule has 1 aliphatic heterocycles. The first-order chi connectivity index (χ1) is 9.17. The van der Waals surface area contributed by atoms with Crippen molar-refractivity contribution in [2.45, 2.75) is 19.1 Å². The van der Waals surface area contributed by atoms with Gasteiger partial charge in [-0.25, -0.2) is 0 Å². The fraction of sp³-hybridized carbons (Fsp3) is 0.571. The Morgan fingerprint density at radius 2 is 2.16 bits per heavy atom. The molecule has 1 aliphatic rings. The minimum Gasteiger partial charge on any atom is -0.497 e. The van der Waals surface area contributed by atoms with Gasteiger partial charge in [-0.1, -0.05) is 0 Å². The Balaban J connectivity index is 2.31. The summed E-state index contributed by atoms with van der Waals surface area (Å²) in [5.74, 6) is 1.52. The zero-order valence-electron chi connectivity index (χ0n) is 11.7. The highest BCUT2D eigenvalue weighted by molar-refractivity contribution is 5.48. The van der Waals surface area contributed by atoms with Crippen LogP contribution in [-0.4, -0.2) is 40.0 Å². The van der Waals surface area contributed by atoms with E-state index in [2.05, 4.69) is 5.32 Å². The zero-order chi connectivity index (χ0) is 13.8. The van der Waals surface area contributed by atoms with Gasteiger partial charge in [0.1, 0.15) is 11.5 Å². The van der Waals surface area contributed by atoms with Crippen LogP contribution in [0, 0.1) is 6.92 Å². The van der Waals surface area contributed by atoms with Crippen molar-refractivity contribution in [1.29, 1.82) is 0 Å². The van der Waals surface area contributed by atoms with Crippen LogP contribution >= 0.6 is 0 Å². The fourth-order valence-corrected chi connectivity index (χ4v) is 2.45. The van der Waals surface area contributed by atoms with Crippen LogP contribution in [0.2, 0.25) is 0 Å². The van der Waals surface area contributed by atoms with Gasteiger partial charge in [-0.15, -0.1) is 0 Å². The fourth-order valence-electron chi connectivity index (χ4n) is 2.45. The SMILES string of the molecule is COc1cc(C)c(C(N)C2CNCCO2)c(OC)c1. The van der Waals surface area contributed by atoms with Crippen LogP contribution in [0.15, 0.2) is 12.1 Å². The van der Waals surface area contributed by atoms with Crippen molar-refractivity contribution in [3.8, 4) is 11.5 Å². The van der Waals surface area contributed by atoms with Crippen LogP contribution in [0.1, 0.15) is 17.2 Å². The van der Waals surface area contributed by atoms with Crippen molar-refractivity contribution in [1.82, 2.24) is 5.32 Å². The maximum Gasteiger partial charge on any atom is 0.127 e. The molecule has 2 unspecified atom stereocenters. The summed E-state index contributed by atoms with van der Waals surface area (Å²) >= 11 is 0. The molecule has 19 heavy (non-hydrogen) atoms. The van der Waals surface area contributed by atoms with Gasteiger partial charge in [0, 0.05) is 24.7 Å². The number of ether oxygens (including phenoxy) is 3. The molecule has 5 nitrogen and oxygen atoms in total. The lowest BCUT2D eigenvalue weighted by Gasteiger charge is -2.30. The summed E-state index contributed by atoms with van der Waals surface area (Å²) in [5.41, 5.74) is 8.39. The first-order valence-corrected chi connectivity index (χ1v) is 6.47. The molecule has 0 bridgehead atoms. The summed E-state index contributed by atoms with van der Waals surface area (Å²) < 4.78 is 16.4. The van der Waals surface area contributed by atoms with Crippen LogP contribution in [0.4, 0.5) is 0 Å². The van der Waals surface area contributed by atoms with E-state index in [1.54, 1.807) is 14.2 Å². The zero-order valence-corrected chi connectivity index (χ0v) is 11.7. The summed E-state index contributed by atoms with van der Waals surface area (Å²) in [6, 6.07) is 3.61. The van der Waals surface area contributed by atoms with Gasteiger partial charge in [-0.3, -0.25) is 0 Å². The van der Waals surface area contributed by atoms with Crippen LogP contribution < -0.4 is 20.5 Å². The Labute approximate surface area is 114 Å². The lowest BCUT2D eigenvalue weighted by Crippen LogP contribution is -2.44. The lowest BCUT2D eigenvalue weighted by atomic mass is 9.95. The van der Waals surface area contributed by atoms with Gasteiger partial charge in [0.25, 0.3) is 0 Å². The first-order valence-electron chi connectivity index (χ1n) is 6.47. The van der Waals surface area contributed by atoms with E-state index < -0.39 is 0 Å². The monoisotopic (exact) mass is 266 g/mol. The normalized spacial score (nSPS) is 20.9. The first kappa shape index (κ1) is 14.1. The van der Waals surface area contributed by atoms with Crippen molar-refractivity contribution in [2.75, 3.05) is 33.9 Å². The molecule has 3 N–H and O–H groups in total. The second kappa shape index (κ2) is 6.23. The predicted octanol–water partition coefficient (Wildman–Crippen LogP) is 1.00. The number of rotatable bonds is 4. The molecule has 106 valence electrons. The molecule has 0 spiro atoms. The van der Waals surface area contributed by atoms with Gasteiger partial charge >= 0.3 is 0 Å². The average molecular weight is 266 g/mol. The van der Waals surface area contributed by atoms with Crippen molar-refractivity contribution in [3.63, 3.8) is 0 Å². The van der Waals surface area contributed by atoms with Crippen molar-refractivity contribution >= 4 is 0 Å². The van der Waals surface area contributed by atoms with E-state index in [1.807, 2.05) is 19.1 Å². The van der Waals surface area contributed by atoms with E-state index in [-0.39, 0.29) is 12.1 Å². The Morgan fingerprint density at radius 1 is 1.37 bits per heavy atom. The Bertz CT molecular complexity index is 431. The predicted molar refractivity (Wildman–Crippen MR) is 73.8 cm³/mol. The maximum atomic E-state index is 6.35. The number of hydrogen-bond donors (Lipinski definition) is 2. The molecule has 1 saturated heterocycles. The number of nitrogens with two attached hydrogens (primary N) is 1. The summed E-state index contributed by atoms with van der Waals surface area (Å²) in [5, 5.41) is 3.29. The molecule has 0 aromatic heterocycles. The minimum absolute atomic E-state index is 0.0326. The molecule has 1 aromatic rings. The number of hydrogen-bond acceptors (Lipinski definition) is 5. The topological polar surface area (TPSA) is 65.7 Å². The Hall–Kier alpha value is -1.30. The van der Waals surface area contributed by atoms with E-state index >= 15 is 0 Å². The van der Waals surface area contributed by atoms with Gasteiger partial charge < -0.3 is 25.3 Å². The molecule has 1 heterocycles. The standard InChI is InChI=1S/C14H22N2O3/c1-9-6-10(17-2)7-11(18-3)13(9)14(15)12-8-16-4-5-19-12/h6-7,12,14,16H,4-5,8,15H2,1-3H3. The van der Waals surface area contributed by atoms with Gasteiger partial charge in [-0.2, -0.15) is 0 Å². The Morgan fingerprint density at radius 3 is 2.74 bits per heavy atom. The van der Waals surface area contributed by atoms with Gasteiger partial charge in [0.2, 0.25) is 0 Å². The number of morpholine rings is 1. The summed E-state index contributed by atoms with van der Waals surface area (Å²) in [6.45, 7) is 4.34. The number of benzene rings is 1. The van der Waals surface area contributed by atoms with Gasteiger partial charge in [0.05, 0.1) is 33.0 Å². The van der Waals surface area contributed by atoms with E-state index in [4.69, 9.17) is 19.9 Å². The highest BCUT2D eigenvalue weighted by Gasteiger charge is 2.26. The van der Waals surface area contributed by atoms with Gasteiger partial charge in [-0.05, 0) is 18.6 Å². The minimum atomic E-state index is -0.214. The molecule has 2 atom stereocenters. The van der Waals surface area contributed by atoms with Gasteiger partial charge in [0.15, 0.2) is 0 Å². The summed E-state index contributed by atoms with van der Waals surface area (Å²) in [4.78, 5) is 0. The second-order valence-corrected chi connectivity index (χ2v) is 4.70. The molecule has 5 heteroatoms. The van der Waals surface area contributed by atoms with E-state index in [1.165, 1.54) is 0 Å². The molecular formula is C14H22N2O3. The number of aryl methyl sites for hydroxylation is 1. The molecule has 0 radical (unpaired) electrons. The maximum absolute atomic E-state index is 6.35. The summed E-state index contributed by atoms with van der Waals surface area (Å²) in [6.07, 6.45) is -0.0326. The molecule has 2 rings (SSSR count). The third kappa shape index (κ3) is 3.00. The number of nitrogens with one attached hydrogen (secondary N) is 1. The number of methoxy groups -OCH3 is 2. The summed E-state index contributed by atoms with van der Waals surface area (Å²) in [7, 11) is 3.28.